The summed E-state index contributed by atoms with van der Waals surface area (Å²) in [5.74, 6) is 1.13. The molecule has 0 radical (unpaired) electrons. The van der Waals surface area contributed by atoms with Crippen LogP contribution in [0.1, 0.15) is 21.5 Å². The average Bonchev–Trinajstić information content (AvgIpc) is 3.19. The van der Waals surface area contributed by atoms with Crippen LogP contribution in [0.5, 0.6) is 11.5 Å². The lowest BCUT2D eigenvalue weighted by Gasteiger charge is -2.12. The van der Waals surface area contributed by atoms with Gasteiger partial charge in [-0.3, -0.25) is 0 Å². The van der Waals surface area contributed by atoms with Crippen LogP contribution in [-0.2, 0) is 17.9 Å². The Hall–Kier alpha value is -3.85. The van der Waals surface area contributed by atoms with Crippen LogP contribution in [-0.4, -0.2) is 39.9 Å². The molecule has 0 atom stereocenters. The SMILES string of the molecule is COC(=O)c1ccc(OC)c(COc2cccc(Cn3ncc4c(N)nc(Cl)nc43)c2)c1. The fourth-order valence-electron chi connectivity index (χ4n) is 3.27. The molecule has 0 spiro atoms. The minimum Gasteiger partial charge on any atom is -0.496 e. The molecule has 2 aromatic carbocycles. The number of hydrogen-bond donors (Lipinski definition) is 1. The van der Waals surface area contributed by atoms with Crippen molar-refractivity contribution in [3.05, 3.63) is 70.6 Å². The maximum atomic E-state index is 11.8. The number of nitrogens with zero attached hydrogens (tertiary/aromatic N) is 4. The van der Waals surface area contributed by atoms with E-state index in [1.54, 1.807) is 36.2 Å². The van der Waals surface area contributed by atoms with E-state index in [2.05, 4.69) is 15.1 Å². The van der Waals surface area contributed by atoms with Crippen molar-refractivity contribution >= 4 is 34.4 Å². The van der Waals surface area contributed by atoms with E-state index in [0.717, 1.165) is 11.1 Å². The summed E-state index contributed by atoms with van der Waals surface area (Å²) in [6.07, 6.45) is 1.61. The predicted octanol–water partition coefficient (Wildman–Crippen LogP) is 3.48. The summed E-state index contributed by atoms with van der Waals surface area (Å²) in [5.41, 5.74) is 8.54. The second-order valence-electron chi connectivity index (χ2n) is 6.87. The Bertz CT molecular complexity index is 1290. The molecule has 0 saturated carbocycles. The Morgan fingerprint density at radius 1 is 1.16 bits per heavy atom. The van der Waals surface area contributed by atoms with Gasteiger partial charge in [0.15, 0.2) is 5.65 Å². The molecule has 0 bridgehead atoms. The van der Waals surface area contributed by atoms with Crippen LogP contribution in [0.15, 0.2) is 48.7 Å². The lowest BCUT2D eigenvalue weighted by atomic mass is 10.1. The number of ether oxygens (including phenoxy) is 3. The molecule has 0 fully saturated rings. The van der Waals surface area contributed by atoms with Crippen LogP contribution in [0.3, 0.4) is 0 Å². The van der Waals surface area contributed by atoms with Crippen LogP contribution in [0, 0.1) is 0 Å². The van der Waals surface area contributed by atoms with Gasteiger partial charge >= 0.3 is 5.97 Å². The minimum absolute atomic E-state index is 0.0666. The van der Waals surface area contributed by atoms with Crippen molar-refractivity contribution in [2.45, 2.75) is 13.2 Å². The summed E-state index contributed by atoms with van der Waals surface area (Å²) in [5, 5.41) is 5.05. The van der Waals surface area contributed by atoms with Crippen molar-refractivity contribution in [3.63, 3.8) is 0 Å². The first-order valence-corrected chi connectivity index (χ1v) is 9.97. The first-order chi connectivity index (χ1) is 15.5. The Labute approximate surface area is 188 Å². The van der Waals surface area contributed by atoms with E-state index in [0.29, 0.717) is 34.6 Å². The quantitative estimate of drug-likeness (QED) is 0.334. The van der Waals surface area contributed by atoms with Crippen molar-refractivity contribution in [3.8, 4) is 11.5 Å². The first kappa shape index (κ1) is 21.4. The van der Waals surface area contributed by atoms with E-state index in [-0.39, 0.29) is 17.7 Å². The monoisotopic (exact) mass is 453 g/mol. The first-order valence-electron chi connectivity index (χ1n) is 9.60. The number of carbonyl (C=O) groups excluding carboxylic acids is 1. The van der Waals surface area contributed by atoms with E-state index < -0.39 is 5.97 Å². The summed E-state index contributed by atoms with van der Waals surface area (Å²) in [4.78, 5) is 20.0. The van der Waals surface area contributed by atoms with Gasteiger partial charge in [0.2, 0.25) is 5.28 Å². The van der Waals surface area contributed by atoms with Gasteiger partial charge in [-0.25, -0.2) is 14.5 Å². The van der Waals surface area contributed by atoms with Crippen LogP contribution in [0.25, 0.3) is 11.0 Å². The van der Waals surface area contributed by atoms with E-state index >= 15 is 0 Å². The fraction of sp³-hybridized carbons (Fsp3) is 0.182. The van der Waals surface area contributed by atoms with Gasteiger partial charge in [-0.15, -0.1) is 0 Å². The fourth-order valence-corrected chi connectivity index (χ4v) is 3.44. The van der Waals surface area contributed by atoms with Crippen molar-refractivity contribution < 1.29 is 19.0 Å². The highest BCUT2D eigenvalue weighted by atomic mass is 35.5. The molecule has 0 unspecified atom stereocenters. The lowest BCUT2D eigenvalue weighted by Crippen LogP contribution is -2.06. The van der Waals surface area contributed by atoms with Gasteiger partial charge < -0.3 is 19.9 Å². The van der Waals surface area contributed by atoms with Gasteiger partial charge in [-0.1, -0.05) is 12.1 Å². The number of rotatable bonds is 7. The maximum absolute atomic E-state index is 11.8. The van der Waals surface area contributed by atoms with Crippen LogP contribution < -0.4 is 15.2 Å². The summed E-state index contributed by atoms with van der Waals surface area (Å²) >= 11 is 5.94. The zero-order valence-corrected chi connectivity index (χ0v) is 18.2. The normalized spacial score (nSPS) is 10.8. The van der Waals surface area contributed by atoms with Gasteiger partial charge in [0.1, 0.15) is 23.9 Å². The van der Waals surface area contributed by atoms with Crippen LogP contribution >= 0.6 is 11.6 Å². The molecule has 2 aromatic heterocycles. The molecule has 9 nitrogen and oxygen atoms in total. The second kappa shape index (κ2) is 9.11. The third-order valence-corrected chi connectivity index (χ3v) is 4.99. The number of carbonyl (C=O) groups is 1. The third kappa shape index (κ3) is 4.42. The van der Waals surface area contributed by atoms with Gasteiger partial charge in [-0.2, -0.15) is 10.1 Å². The number of benzene rings is 2. The zero-order chi connectivity index (χ0) is 22.7. The Balaban J connectivity index is 1.53. The molecule has 0 aliphatic rings. The number of anilines is 1. The molecule has 164 valence electrons. The van der Waals surface area contributed by atoms with Crippen LogP contribution in [0.4, 0.5) is 5.82 Å². The summed E-state index contributed by atoms with van der Waals surface area (Å²) in [7, 11) is 2.90. The van der Waals surface area contributed by atoms with Gasteiger partial charge in [0, 0.05) is 5.56 Å². The molecular weight excluding hydrogens is 434 g/mol. The Morgan fingerprint density at radius 3 is 2.78 bits per heavy atom. The molecule has 0 aliphatic carbocycles. The highest BCUT2D eigenvalue weighted by Crippen LogP contribution is 2.24. The summed E-state index contributed by atoms with van der Waals surface area (Å²) in [6.45, 7) is 0.649. The van der Waals surface area contributed by atoms with Gasteiger partial charge in [0.25, 0.3) is 0 Å². The highest BCUT2D eigenvalue weighted by molar-refractivity contribution is 6.28. The number of esters is 1. The minimum atomic E-state index is -0.424. The molecule has 0 amide bonds. The third-order valence-electron chi connectivity index (χ3n) is 4.83. The molecule has 2 heterocycles. The second-order valence-corrected chi connectivity index (χ2v) is 7.21. The average molecular weight is 454 g/mol. The summed E-state index contributed by atoms with van der Waals surface area (Å²) in [6, 6.07) is 12.6. The molecule has 0 saturated heterocycles. The van der Waals surface area contributed by atoms with Crippen LogP contribution in [0.2, 0.25) is 5.28 Å². The zero-order valence-electron chi connectivity index (χ0n) is 17.4. The number of fused-ring (bicyclic) bond motifs is 1. The highest BCUT2D eigenvalue weighted by Gasteiger charge is 2.13. The van der Waals surface area contributed by atoms with E-state index in [1.807, 2.05) is 24.3 Å². The molecule has 32 heavy (non-hydrogen) atoms. The van der Waals surface area contributed by atoms with Gasteiger partial charge in [0.05, 0.1) is 37.9 Å². The maximum Gasteiger partial charge on any atom is 0.337 e. The number of aromatic nitrogens is 4. The molecule has 0 aliphatic heterocycles. The Morgan fingerprint density at radius 2 is 2.00 bits per heavy atom. The van der Waals surface area contributed by atoms with E-state index in [4.69, 9.17) is 31.5 Å². The van der Waals surface area contributed by atoms with Crippen molar-refractivity contribution in [1.29, 1.82) is 0 Å². The molecule has 4 aromatic rings. The molecular formula is C22H20ClN5O4. The van der Waals surface area contributed by atoms with Crippen molar-refractivity contribution in [1.82, 2.24) is 19.7 Å². The van der Waals surface area contributed by atoms with Crippen molar-refractivity contribution in [2.75, 3.05) is 20.0 Å². The van der Waals surface area contributed by atoms with E-state index in [9.17, 15) is 4.79 Å². The number of nitrogen functional groups attached to an aromatic ring is 1. The lowest BCUT2D eigenvalue weighted by molar-refractivity contribution is 0.0600. The smallest absolute Gasteiger partial charge is 0.337 e. The summed E-state index contributed by atoms with van der Waals surface area (Å²) < 4.78 is 17.8. The standard InChI is InChI=1S/C22H20ClN5O4/c1-30-18-7-6-14(21(29)31-2)9-15(18)12-32-16-5-3-4-13(8-16)11-28-20-17(10-25-28)19(24)26-22(23)27-20/h3-10H,11-12H2,1-2H3,(H2,24,26,27). The topological polar surface area (TPSA) is 114 Å². The molecule has 2 N–H and O–H groups in total. The largest absolute Gasteiger partial charge is 0.496 e. The predicted molar refractivity (Wildman–Crippen MR) is 119 cm³/mol. The number of hydrogen-bond acceptors (Lipinski definition) is 8. The number of halogens is 1. The van der Waals surface area contributed by atoms with E-state index in [1.165, 1.54) is 7.11 Å². The molecule has 4 rings (SSSR count). The molecule has 10 heteroatoms. The van der Waals surface area contributed by atoms with Crippen molar-refractivity contribution in [2.24, 2.45) is 0 Å². The number of methoxy groups -OCH3 is 2. The Kier molecular flexibility index (Phi) is 6.09. The number of nitrogens with two attached hydrogens (primary N) is 1. The van der Waals surface area contributed by atoms with Gasteiger partial charge in [-0.05, 0) is 47.5 Å².